The highest BCUT2D eigenvalue weighted by Crippen LogP contribution is 2.39. The van der Waals surface area contributed by atoms with Gasteiger partial charge in [0.15, 0.2) is 6.10 Å². The first kappa shape index (κ1) is 30.5. The smallest absolute Gasteiger partial charge is 0.152 e. The molecule has 200 valence electrons. The zero-order valence-electron chi connectivity index (χ0n) is 20.2. The molecule has 11 heteroatoms. The fourth-order valence-corrected chi connectivity index (χ4v) is 5.08. The molecule has 0 spiro atoms. The van der Waals surface area contributed by atoms with Crippen LogP contribution in [-0.4, -0.2) is 62.2 Å². The van der Waals surface area contributed by atoms with E-state index in [1.54, 1.807) is 36.4 Å². The molecule has 9 nitrogen and oxygen atoms in total. The van der Waals surface area contributed by atoms with Crippen molar-refractivity contribution in [2.45, 2.75) is 50.5 Å². The minimum absolute atomic E-state index is 0. The van der Waals surface area contributed by atoms with Crippen LogP contribution in [-0.2, 0) is 9.62 Å². The van der Waals surface area contributed by atoms with Crippen molar-refractivity contribution in [2.24, 2.45) is 0 Å². The number of ether oxygens (including phenoxy) is 1. The van der Waals surface area contributed by atoms with Gasteiger partial charge in [-0.15, -0.1) is 11.3 Å². The Kier molecular flexibility index (Phi) is 11.3. The van der Waals surface area contributed by atoms with Crippen LogP contribution in [0.1, 0.15) is 40.7 Å². The van der Waals surface area contributed by atoms with Crippen molar-refractivity contribution < 1.29 is 45.2 Å². The van der Waals surface area contributed by atoms with Gasteiger partial charge in [0.2, 0.25) is 0 Å². The van der Waals surface area contributed by atoms with Gasteiger partial charge in [-0.25, -0.2) is 9.28 Å². The molecule has 1 unspecified atom stereocenters. The maximum atomic E-state index is 13.2. The topological polar surface area (TPSA) is 175 Å². The van der Waals surface area contributed by atoms with Crippen LogP contribution in [0.4, 0.5) is 4.39 Å². The lowest BCUT2D eigenvalue weighted by Gasteiger charge is -2.40. The molecular weight excluding hydrogens is 505 g/mol. The number of halogens is 1. The van der Waals surface area contributed by atoms with Gasteiger partial charge in [0, 0.05) is 16.7 Å². The number of thiophene rings is 1. The average Bonchev–Trinajstić information content (AvgIpc) is 3.35. The predicted molar refractivity (Wildman–Crippen MR) is 134 cm³/mol. The van der Waals surface area contributed by atoms with Gasteiger partial charge in [-0.3, -0.25) is 5.26 Å². The molecule has 7 N–H and O–H groups in total. The van der Waals surface area contributed by atoms with Crippen molar-refractivity contribution in [1.82, 2.24) is 0 Å². The van der Waals surface area contributed by atoms with E-state index in [9.17, 15) is 30.1 Å². The number of benzene rings is 2. The van der Waals surface area contributed by atoms with E-state index in [-0.39, 0.29) is 11.3 Å². The van der Waals surface area contributed by atoms with E-state index in [2.05, 4.69) is 0 Å². The summed E-state index contributed by atoms with van der Waals surface area (Å²) in [5.41, 5.74) is 2.74. The summed E-state index contributed by atoms with van der Waals surface area (Å²) < 4.78 is 18.9. The summed E-state index contributed by atoms with van der Waals surface area (Å²) in [5.74, 6) is -0.326. The van der Waals surface area contributed by atoms with Gasteiger partial charge >= 0.3 is 0 Å². The number of hydrogen-bond donors (Lipinski definition) is 5. The molecule has 0 amide bonds. The monoisotopic (exact) mass is 535 g/mol. The van der Waals surface area contributed by atoms with Gasteiger partial charge in [0.1, 0.15) is 36.3 Å². The van der Waals surface area contributed by atoms with Crippen molar-refractivity contribution >= 4 is 11.3 Å². The van der Waals surface area contributed by atoms with Gasteiger partial charge in [-0.05, 0) is 59.5 Å². The van der Waals surface area contributed by atoms with Gasteiger partial charge in [0.25, 0.3) is 0 Å². The van der Waals surface area contributed by atoms with Crippen molar-refractivity contribution in [3.05, 3.63) is 82.0 Å². The summed E-state index contributed by atoms with van der Waals surface area (Å²) in [6.07, 6.45) is -7.23. The maximum absolute atomic E-state index is 13.2. The largest absolute Gasteiger partial charge is 0.412 e. The van der Waals surface area contributed by atoms with Crippen molar-refractivity contribution in [3.63, 3.8) is 0 Å². The lowest BCUT2D eigenvalue weighted by Crippen LogP contribution is -2.55. The SMILES string of the molecule is CC#N.Cc1ccc([C@@H]2O[C@H](CO)[C@@H](O)[C@H](O)[C@H]2O)cc1C(OO)c1ccc(-c2ccc(F)cc2)s1.O. The van der Waals surface area contributed by atoms with Crippen molar-refractivity contribution in [3.8, 4) is 16.5 Å². The molecule has 2 heterocycles. The van der Waals surface area contributed by atoms with Gasteiger partial charge in [-0.1, -0.05) is 24.3 Å². The number of rotatable bonds is 6. The highest BCUT2D eigenvalue weighted by Gasteiger charge is 2.44. The molecule has 4 rings (SSSR count). The molecular formula is C26H30FNO8S. The van der Waals surface area contributed by atoms with Crippen LogP contribution >= 0.6 is 11.3 Å². The summed E-state index contributed by atoms with van der Waals surface area (Å²) in [6, 6.07) is 16.7. The first-order valence-electron chi connectivity index (χ1n) is 11.1. The number of aryl methyl sites for hydroxylation is 1. The summed E-state index contributed by atoms with van der Waals surface area (Å²) in [6.45, 7) is 2.75. The minimum Gasteiger partial charge on any atom is -0.412 e. The molecule has 37 heavy (non-hydrogen) atoms. The molecule has 1 fully saturated rings. The van der Waals surface area contributed by atoms with Crippen LogP contribution in [0.2, 0.25) is 0 Å². The lowest BCUT2D eigenvalue weighted by molar-refractivity contribution is -0.270. The van der Waals surface area contributed by atoms with E-state index in [0.717, 1.165) is 16.0 Å². The van der Waals surface area contributed by atoms with Crippen molar-refractivity contribution in [2.75, 3.05) is 6.61 Å². The molecule has 3 aromatic rings. The van der Waals surface area contributed by atoms with Gasteiger partial charge in [-0.2, -0.15) is 5.26 Å². The van der Waals surface area contributed by atoms with Crippen LogP contribution in [0.15, 0.2) is 54.6 Å². The Hall–Kier alpha value is -2.76. The highest BCUT2D eigenvalue weighted by molar-refractivity contribution is 7.15. The van der Waals surface area contributed by atoms with E-state index in [4.69, 9.17) is 14.9 Å². The molecule has 1 aromatic heterocycles. The average molecular weight is 536 g/mol. The van der Waals surface area contributed by atoms with Crippen LogP contribution < -0.4 is 0 Å². The fourth-order valence-electron chi connectivity index (χ4n) is 4.02. The molecule has 1 saturated heterocycles. The number of nitriles is 1. The summed E-state index contributed by atoms with van der Waals surface area (Å²) in [7, 11) is 0. The number of aliphatic hydroxyl groups excluding tert-OH is 4. The minimum atomic E-state index is -1.49. The Balaban J connectivity index is 0.00000115. The van der Waals surface area contributed by atoms with Crippen molar-refractivity contribution in [1.29, 1.82) is 5.26 Å². The standard InChI is InChI=1S/C24H25FO7S.C2H3N.H2O/c1-12-2-3-14(23-22(29)21(28)20(27)17(11-26)31-23)10-16(12)24(32-30)19-9-8-18(33-19)13-4-6-15(25)7-5-13;1-2-3;/h2-10,17,20-24,26-30H,11H2,1H3;1H3;1H2/t17-,20-,21+,22-,23+,24?;;/m1../s1. The molecule has 0 bridgehead atoms. The fraction of sp³-hybridized carbons (Fsp3) is 0.346. The first-order chi connectivity index (χ1) is 17.2. The Labute approximate surface area is 217 Å². The zero-order chi connectivity index (χ0) is 26.4. The summed E-state index contributed by atoms with van der Waals surface area (Å²) in [5, 5.41) is 57.2. The van der Waals surface area contributed by atoms with Gasteiger partial charge in [0.05, 0.1) is 12.7 Å². The van der Waals surface area contributed by atoms with Crippen LogP contribution in [0.3, 0.4) is 0 Å². The molecule has 2 aromatic carbocycles. The number of aliphatic hydroxyl groups is 4. The third-order valence-electron chi connectivity index (χ3n) is 5.93. The second-order valence-corrected chi connectivity index (χ2v) is 9.40. The van der Waals surface area contributed by atoms with Crippen LogP contribution in [0.5, 0.6) is 0 Å². The third kappa shape index (κ3) is 6.77. The lowest BCUT2D eigenvalue weighted by atomic mass is 9.89. The summed E-state index contributed by atoms with van der Waals surface area (Å²) >= 11 is 1.38. The Bertz CT molecular complexity index is 1180. The van der Waals surface area contributed by atoms with E-state index in [0.29, 0.717) is 16.0 Å². The number of hydrogen-bond acceptors (Lipinski definition) is 9. The molecule has 1 aliphatic heterocycles. The molecule has 1 aliphatic rings. The molecule has 0 aliphatic carbocycles. The van der Waals surface area contributed by atoms with Crippen LogP contribution in [0, 0.1) is 24.1 Å². The van der Waals surface area contributed by atoms with E-state index in [1.165, 1.54) is 30.4 Å². The normalized spacial score (nSPS) is 23.7. The Morgan fingerprint density at radius 1 is 1.05 bits per heavy atom. The second kappa shape index (κ2) is 13.7. The quantitative estimate of drug-likeness (QED) is 0.236. The summed E-state index contributed by atoms with van der Waals surface area (Å²) in [4.78, 5) is 6.41. The maximum Gasteiger partial charge on any atom is 0.152 e. The molecule has 0 saturated carbocycles. The van der Waals surface area contributed by atoms with Crippen LogP contribution in [0.25, 0.3) is 10.4 Å². The molecule has 0 radical (unpaired) electrons. The first-order valence-corrected chi connectivity index (χ1v) is 11.9. The second-order valence-electron chi connectivity index (χ2n) is 8.28. The van der Waals surface area contributed by atoms with E-state index in [1.807, 2.05) is 19.1 Å². The Morgan fingerprint density at radius 3 is 2.30 bits per heavy atom. The predicted octanol–water partition coefficient (Wildman–Crippen LogP) is 2.66. The van der Waals surface area contributed by atoms with E-state index < -0.39 is 43.2 Å². The van der Waals surface area contributed by atoms with Gasteiger partial charge < -0.3 is 30.6 Å². The molecule has 6 atom stereocenters. The third-order valence-corrected chi connectivity index (χ3v) is 7.10. The van der Waals surface area contributed by atoms with E-state index >= 15 is 0 Å². The highest BCUT2D eigenvalue weighted by atomic mass is 32.1. The number of nitrogens with zero attached hydrogens (tertiary/aromatic N) is 1. The Morgan fingerprint density at radius 2 is 1.70 bits per heavy atom. The zero-order valence-corrected chi connectivity index (χ0v) is 21.0.